The van der Waals surface area contributed by atoms with Crippen LogP contribution >= 0.6 is 0 Å². The van der Waals surface area contributed by atoms with E-state index in [4.69, 9.17) is 0 Å². The van der Waals surface area contributed by atoms with E-state index in [-0.39, 0.29) is 17.9 Å². The minimum Gasteiger partial charge on any atom is -0.506 e. The Morgan fingerprint density at radius 1 is 1.05 bits per heavy atom. The van der Waals surface area contributed by atoms with E-state index in [1.54, 1.807) is 12.1 Å². The summed E-state index contributed by atoms with van der Waals surface area (Å²) in [5, 5.41) is 12.0. The molecule has 2 N–H and O–H groups in total. The maximum atomic E-state index is 12.4. The van der Waals surface area contributed by atoms with Gasteiger partial charge in [0.15, 0.2) is 0 Å². The lowest BCUT2D eigenvalue weighted by molar-refractivity contribution is -0.137. The number of hydrogen-bond donors (Lipinski definition) is 2. The summed E-state index contributed by atoms with van der Waals surface area (Å²) in [6.45, 7) is 0. The van der Waals surface area contributed by atoms with Gasteiger partial charge in [0.1, 0.15) is 5.75 Å². The monoisotopic (exact) mass is 295 g/mol. The standard InChI is InChI=1S/C15H12F3NO2/c16-15(17,18)11-7-5-10(6-8-11)9-14(21)19-12-3-1-2-4-13(12)20/h1-8,20H,9H2,(H,19,21). The van der Waals surface area contributed by atoms with E-state index in [1.165, 1.54) is 24.3 Å². The molecule has 110 valence electrons. The molecule has 0 aliphatic carbocycles. The molecule has 0 bridgehead atoms. The van der Waals surface area contributed by atoms with Crippen LogP contribution in [0.3, 0.4) is 0 Å². The number of amides is 1. The number of para-hydroxylation sites is 2. The Hall–Kier alpha value is -2.50. The third-order valence-electron chi connectivity index (χ3n) is 2.82. The van der Waals surface area contributed by atoms with Gasteiger partial charge in [0.05, 0.1) is 17.7 Å². The molecule has 0 aromatic heterocycles. The normalized spacial score (nSPS) is 11.2. The van der Waals surface area contributed by atoms with Crippen LogP contribution in [0.5, 0.6) is 5.75 Å². The predicted molar refractivity (Wildman–Crippen MR) is 71.9 cm³/mol. The van der Waals surface area contributed by atoms with Crippen molar-refractivity contribution in [3.05, 3.63) is 59.7 Å². The highest BCUT2D eigenvalue weighted by Crippen LogP contribution is 2.29. The lowest BCUT2D eigenvalue weighted by atomic mass is 10.1. The molecular weight excluding hydrogens is 283 g/mol. The summed E-state index contributed by atoms with van der Waals surface area (Å²) in [4.78, 5) is 11.8. The van der Waals surface area contributed by atoms with Crippen LogP contribution in [0, 0.1) is 0 Å². The fourth-order valence-electron chi connectivity index (χ4n) is 1.77. The first-order valence-electron chi connectivity index (χ1n) is 6.10. The number of benzene rings is 2. The summed E-state index contributed by atoms with van der Waals surface area (Å²) in [5.41, 5.74) is -0.0438. The first-order chi connectivity index (χ1) is 9.86. The Morgan fingerprint density at radius 3 is 2.24 bits per heavy atom. The number of alkyl halides is 3. The number of halogens is 3. The molecule has 3 nitrogen and oxygen atoms in total. The first-order valence-corrected chi connectivity index (χ1v) is 6.10. The number of phenols is 1. The molecule has 0 unspecified atom stereocenters. The zero-order valence-corrected chi connectivity index (χ0v) is 10.8. The maximum Gasteiger partial charge on any atom is 0.416 e. The Balaban J connectivity index is 2.02. The number of phenolic OH excluding ortho intramolecular Hbond substituents is 1. The van der Waals surface area contributed by atoms with Gasteiger partial charge in [-0.05, 0) is 29.8 Å². The Bertz CT molecular complexity index is 636. The second kappa shape index (κ2) is 5.87. The number of aromatic hydroxyl groups is 1. The van der Waals surface area contributed by atoms with E-state index in [9.17, 15) is 23.1 Å². The smallest absolute Gasteiger partial charge is 0.416 e. The van der Waals surface area contributed by atoms with Gasteiger partial charge in [0.25, 0.3) is 0 Å². The maximum absolute atomic E-state index is 12.4. The summed E-state index contributed by atoms with van der Waals surface area (Å²) in [5.74, 6) is -0.491. The molecular formula is C15H12F3NO2. The van der Waals surface area contributed by atoms with E-state index >= 15 is 0 Å². The van der Waals surface area contributed by atoms with E-state index in [0.717, 1.165) is 12.1 Å². The van der Waals surface area contributed by atoms with Crippen molar-refractivity contribution in [3.8, 4) is 5.75 Å². The average molecular weight is 295 g/mol. The van der Waals surface area contributed by atoms with Gasteiger partial charge < -0.3 is 10.4 Å². The van der Waals surface area contributed by atoms with Crippen LogP contribution in [-0.4, -0.2) is 11.0 Å². The molecule has 0 heterocycles. The molecule has 2 aromatic rings. The van der Waals surface area contributed by atoms with Crippen LogP contribution in [0.4, 0.5) is 18.9 Å². The van der Waals surface area contributed by atoms with E-state index in [1.807, 2.05) is 0 Å². The zero-order valence-electron chi connectivity index (χ0n) is 10.8. The van der Waals surface area contributed by atoms with Crippen LogP contribution in [0.25, 0.3) is 0 Å². The van der Waals surface area contributed by atoms with Gasteiger partial charge in [0.2, 0.25) is 5.91 Å². The lowest BCUT2D eigenvalue weighted by Gasteiger charge is -2.09. The van der Waals surface area contributed by atoms with E-state index in [0.29, 0.717) is 5.56 Å². The first kappa shape index (κ1) is 14.9. The van der Waals surface area contributed by atoms with Crippen LogP contribution in [0.15, 0.2) is 48.5 Å². The van der Waals surface area contributed by atoms with Gasteiger partial charge >= 0.3 is 6.18 Å². The summed E-state index contributed by atoms with van der Waals surface area (Å²) < 4.78 is 37.2. The van der Waals surface area contributed by atoms with Gasteiger partial charge in [0, 0.05) is 0 Å². The molecule has 0 fully saturated rings. The van der Waals surface area contributed by atoms with Crippen LogP contribution < -0.4 is 5.32 Å². The molecule has 6 heteroatoms. The van der Waals surface area contributed by atoms with Gasteiger partial charge in [-0.3, -0.25) is 4.79 Å². The Kier molecular flexibility index (Phi) is 4.16. The van der Waals surface area contributed by atoms with Crippen molar-refractivity contribution in [2.45, 2.75) is 12.6 Å². The summed E-state index contributed by atoms with van der Waals surface area (Å²) in [6.07, 6.45) is -4.47. The highest BCUT2D eigenvalue weighted by Gasteiger charge is 2.29. The highest BCUT2D eigenvalue weighted by molar-refractivity contribution is 5.93. The molecule has 0 aliphatic heterocycles. The van der Waals surface area contributed by atoms with Crippen molar-refractivity contribution in [3.63, 3.8) is 0 Å². The molecule has 2 rings (SSSR count). The molecule has 0 saturated carbocycles. The van der Waals surface area contributed by atoms with Crippen molar-refractivity contribution < 1.29 is 23.1 Å². The number of nitrogens with one attached hydrogen (secondary N) is 1. The number of anilines is 1. The number of hydrogen-bond acceptors (Lipinski definition) is 2. The second-order valence-corrected chi connectivity index (χ2v) is 4.44. The number of carbonyl (C=O) groups is 1. The average Bonchev–Trinajstić information content (AvgIpc) is 2.41. The highest BCUT2D eigenvalue weighted by atomic mass is 19.4. The van der Waals surface area contributed by atoms with Crippen molar-refractivity contribution in [1.82, 2.24) is 0 Å². The van der Waals surface area contributed by atoms with Crippen LogP contribution in [0.1, 0.15) is 11.1 Å². The van der Waals surface area contributed by atoms with Crippen LogP contribution in [0.2, 0.25) is 0 Å². The van der Waals surface area contributed by atoms with E-state index < -0.39 is 17.6 Å². The van der Waals surface area contributed by atoms with Crippen molar-refractivity contribution in [2.75, 3.05) is 5.32 Å². The fourth-order valence-corrected chi connectivity index (χ4v) is 1.77. The van der Waals surface area contributed by atoms with Crippen molar-refractivity contribution in [1.29, 1.82) is 0 Å². The SMILES string of the molecule is O=C(Cc1ccc(C(F)(F)F)cc1)Nc1ccccc1O. The third kappa shape index (κ3) is 3.98. The minimum absolute atomic E-state index is 0.0710. The Labute approximate surface area is 119 Å². The third-order valence-corrected chi connectivity index (χ3v) is 2.82. The fraction of sp³-hybridized carbons (Fsp3) is 0.133. The topological polar surface area (TPSA) is 49.3 Å². The predicted octanol–water partition coefficient (Wildman–Crippen LogP) is 3.59. The summed E-state index contributed by atoms with van der Waals surface area (Å²) >= 11 is 0. The molecule has 0 atom stereocenters. The molecule has 0 spiro atoms. The number of rotatable bonds is 3. The van der Waals surface area contributed by atoms with E-state index in [2.05, 4.69) is 5.32 Å². The van der Waals surface area contributed by atoms with Crippen LogP contribution in [-0.2, 0) is 17.4 Å². The molecule has 1 amide bonds. The Morgan fingerprint density at radius 2 is 1.67 bits per heavy atom. The molecule has 0 aliphatic rings. The molecule has 0 radical (unpaired) electrons. The largest absolute Gasteiger partial charge is 0.506 e. The molecule has 0 saturated heterocycles. The number of carbonyl (C=O) groups excluding carboxylic acids is 1. The van der Waals surface area contributed by atoms with Gasteiger partial charge in [-0.2, -0.15) is 13.2 Å². The lowest BCUT2D eigenvalue weighted by Crippen LogP contribution is -2.14. The molecule has 2 aromatic carbocycles. The van der Waals surface area contributed by atoms with Gasteiger partial charge in [-0.25, -0.2) is 0 Å². The summed E-state index contributed by atoms with van der Waals surface area (Å²) in [7, 11) is 0. The van der Waals surface area contributed by atoms with Gasteiger partial charge in [-0.15, -0.1) is 0 Å². The second-order valence-electron chi connectivity index (χ2n) is 4.44. The van der Waals surface area contributed by atoms with Crippen molar-refractivity contribution >= 4 is 11.6 Å². The zero-order chi connectivity index (χ0) is 15.5. The quantitative estimate of drug-likeness (QED) is 0.850. The minimum atomic E-state index is -4.39. The van der Waals surface area contributed by atoms with Crippen molar-refractivity contribution in [2.24, 2.45) is 0 Å². The summed E-state index contributed by atoms with van der Waals surface area (Å²) in [6, 6.07) is 10.6. The molecule has 21 heavy (non-hydrogen) atoms. The van der Waals surface area contributed by atoms with Gasteiger partial charge in [-0.1, -0.05) is 24.3 Å².